The van der Waals surface area contributed by atoms with Crippen molar-refractivity contribution in [3.05, 3.63) is 39.9 Å². The maximum atomic E-state index is 14.7. The van der Waals surface area contributed by atoms with Gasteiger partial charge >= 0.3 is 5.97 Å². The molecule has 1 aliphatic heterocycles. The second-order valence-electron chi connectivity index (χ2n) is 6.60. The number of pyridine rings is 1. The lowest BCUT2D eigenvalue weighted by Gasteiger charge is -2.35. The Balaban J connectivity index is 1.98. The van der Waals surface area contributed by atoms with Gasteiger partial charge in [-0.3, -0.25) is 14.2 Å². The average Bonchev–Trinajstić information content (AvgIpc) is 2.61. The van der Waals surface area contributed by atoms with E-state index in [2.05, 4.69) is 0 Å². The van der Waals surface area contributed by atoms with Crippen molar-refractivity contribution in [2.75, 3.05) is 37.0 Å². The van der Waals surface area contributed by atoms with Crippen molar-refractivity contribution in [2.45, 2.75) is 13.5 Å². The lowest BCUT2D eigenvalue weighted by Crippen LogP contribution is -2.48. The highest BCUT2D eigenvalue weighted by atomic mass is 32.2. The molecule has 11 heteroatoms. The van der Waals surface area contributed by atoms with Crippen molar-refractivity contribution in [3.63, 3.8) is 0 Å². The van der Waals surface area contributed by atoms with Gasteiger partial charge in [0.1, 0.15) is 17.3 Å². The zero-order valence-corrected chi connectivity index (χ0v) is 15.9. The fraction of sp³-hybridized carbons (Fsp3) is 0.412. The van der Waals surface area contributed by atoms with Crippen molar-refractivity contribution in [1.29, 1.82) is 0 Å². The lowest BCUT2D eigenvalue weighted by atomic mass is 10.1. The molecule has 2 N–H and O–H groups in total. The van der Waals surface area contributed by atoms with Gasteiger partial charge in [-0.2, -0.15) is 8.42 Å². The Labute approximate surface area is 160 Å². The predicted molar refractivity (Wildman–Crippen MR) is 101 cm³/mol. The highest BCUT2D eigenvalue weighted by molar-refractivity contribution is 7.85. The molecule has 2 heterocycles. The Kier molecular flexibility index (Phi) is 5.41. The van der Waals surface area contributed by atoms with Crippen molar-refractivity contribution in [1.82, 2.24) is 9.47 Å². The molecule has 3 rings (SSSR count). The topological polar surface area (TPSA) is 120 Å². The van der Waals surface area contributed by atoms with Gasteiger partial charge in [-0.25, -0.2) is 9.18 Å². The molecule has 0 spiro atoms. The van der Waals surface area contributed by atoms with E-state index >= 15 is 0 Å². The molecule has 1 aromatic heterocycles. The number of hydrogen-bond acceptors (Lipinski definition) is 6. The zero-order valence-electron chi connectivity index (χ0n) is 15.1. The highest BCUT2D eigenvalue weighted by Crippen LogP contribution is 2.26. The highest BCUT2D eigenvalue weighted by Gasteiger charge is 2.24. The molecule has 0 atom stereocenters. The summed E-state index contributed by atoms with van der Waals surface area (Å²) >= 11 is 0. The number of aromatic carboxylic acids is 1. The van der Waals surface area contributed by atoms with Gasteiger partial charge in [-0.15, -0.1) is 0 Å². The second kappa shape index (κ2) is 7.49. The summed E-state index contributed by atoms with van der Waals surface area (Å²) in [6, 6.07) is 2.57. The summed E-state index contributed by atoms with van der Waals surface area (Å²) in [4.78, 5) is 26.9. The number of carboxylic acid groups (broad SMARTS) is 1. The summed E-state index contributed by atoms with van der Waals surface area (Å²) in [5, 5.41) is 9.19. The van der Waals surface area contributed by atoms with E-state index in [-0.39, 0.29) is 11.1 Å². The standard InChI is InChI=1S/C17H20FN3O6S/c1-2-20-9-12(17(23)24)16(22)11-7-13(18)15(8-14(11)20)21-5-3-19(4-6-21)10-28(25,26)27/h7-9H,2-6,10H2,1H3,(H,23,24)(H,25,26,27). The molecule has 0 radical (unpaired) electrons. The van der Waals surface area contributed by atoms with Crippen LogP contribution in [0.4, 0.5) is 10.1 Å². The summed E-state index contributed by atoms with van der Waals surface area (Å²) in [6.45, 7) is 3.48. The minimum atomic E-state index is -4.12. The van der Waals surface area contributed by atoms with E-state index in [0.29, 0.717) is 38.2 Å². The molecule has 0 saturated carbocycles. The van der Waals surface area contributed by atoms with E-state index in [1.54, 1.807) is 21.3 Å². The summed E-state index contributed by atoms with van der Waals surface area (Å²) in [6.07, 6.45) is 1.25. The van der Waals surface area contributed by atoms with Crippen LogP contribution < -0.4 is 10.3 Å². The summed E-state index contributed by atoms with van der Waals surface area (Å²) in [5.74, 6) is -2.50. The molecule has 1 fully saturated rings. The monoisotopic (exact) mass is 413 g/mol. The first kappa shape index (κ1) is 20.2. The quantitative estimate of drug-likeness (QED) is 0.692. The Bertz CT molecular complexity index is 1090. The molecule has 28 heavy (non-hydrogen) atoms. The van der Waals surface area contributed by atoms with Gasteiger partial charge in [0, 0.05) is 44.3 Å². The van der Waals surface area contributed by atoms with E-state index < -0.39 is 38.8 Å². The second-order valence-corrected chi connectivity index (χ2v) is 8.02. The Morgan fingerprint density at radius 3 is 2.39 bits per heavy atom. The van der Waals surface area contributed by atoms with Crippen LogP contribution >= 0.6 is 0 Å². The summed E-state index contributed by atoms with van der Waals surface area (Å²) in [5.41, 5.74) is -0.478. The molecule has 0 unspecified atom stereocenters. The number of carbonyl (C=O) groups is 1. The minimum absolute atomic E-state index is 0.00647. The first-order valence-corrected chi connectivity index (χ1v) is 10.2. The average molecular weight is 413 g/mol. The molecule has 0 amide bonds. The molecule has 0 aliphatic carbocycles. The summed E-state index contributed by atoms with van der Waals surface area (Å²) < 4.78 is 47.2. The normalized spacial score (nSPS) is 15.9. The van der Waals surface area contributed by atoms with Crippen molar-refractivity contribution < 1.29 is 27.3 Å². The zero-order chi connectivity index (χ0) is 20.6. The largest absolute Gasteiger partial charge is 0.477 e. The van der Waals surface area contributed by atoms with E-state index in [1.807, 2.05) is 0 Å². The molecule has 152 valence electrons. The van der Waals surface area contributed by atoms with Crippen LogP contribution in [-0.2, 0) is 16.7 Å². The number of hydrogen-bond donors (Lipinski definition) is 2. The van der Waals surface area contributed by atoms with Crippen molar-refractivity contribution >= 4 is 32.7 Å². The fourth-order valence-corrected chi connectivity index (χ4v) is 4.12. The van der Waals surface area contributed by atoms with Crippen LogP contribution in [0.1, 0.15) is 17.3 Å². The maximum Gasteiger partial charge on any atom is 0.341 e. The first-order valence-electron chi connectivity index (χ1n) is 8.63. The van der Waals surface area contributed by atoms with Crippen LogP contribution in [0.25, 0.3) is 10.9 Å². The Morgan fingerprint density at radius 2 is 1.86 bits per heavy atom. The van der Waals surface area contributed by atoms with Crippen LogP contribution in [0.15, 0.2) is 23.1 Å². The number of anilines is 1. The van der Waals surface area contributed by atoms with Gasteiger partial charge in [-0.1, -0.05) is 0 Å². The number of rotatable bonds is 5. The van der Waals surface area contributed by atoms with Gasteiger partial charge in [0.15, 0.2) is 0 Å². The third-order valence-corrected chi connectivity index (χ3v) is 5.47. The van der Waals surface area contributed by atoms with E-state index in [4.69, 9.17) is 4.55 Å². The SMILES string of the molecule is CCn1cc(C(=O)O)c(=O)c2cc(F)c(N3CCN(CS(=O)(=O)O)CC3)cc21. The molecular weight excluding hydrogens is 393 g/mol. The Morgan fingerprint density at radius 1 is 1.21 bits per heavy atom. The van der Waals surface area contributed by atoms with Crippen LogP contribution in [0.3, 0.4) is 0 Å². The summed E-state index contributed by atoms with van der Waals surface area (Å²) in [7, 11) is -4.12. The van der Waals surface area contributed by atoms with Gasteiger partial charge in [-0.05, 0) is 19.1 Å². The van der Waals surface area contributed by atoms with Gasteiger partial charge in [0.05, 0.1) is 11.2 Å². The third-order valence-electron chi connectivity index (χ3n) is 4.78. The van der Waals surface area contributed by atoms with Crippen LogP contribution in [-0.4, -0.2) is 65.6 Å². The smallest absolute Gasteiger partial charge is 0.341 e. The minimum Gasteiger partial charge on any atom is -0.477 e. The van der Waals surface area contributed by atoms with Crippen molar-refractivity contribution in [2.24, 2.45) is 0 Å². The molecule has 0 bridgehead atoms. The number of aryl methyl sites for hydroxylation is 1. The number of aromatic nitrogens is 1. The molecular formula is C17H20FN3O6S. The predicted octanol–water partition coefficient (Wildman–Crippen LogP) is 0.826. The Hall–Kier alpha value is -2.50. The number of carboxylic acids is 1. The van der Waals surface area contributed by atoms with Crippen LogP contribution in [0.5, 0.6) is 0 Å². The maximum absolute atomic E-state index is 14.7. The molecule has 2 aromatic rings. The number of benzene rings is 1. The van der Waals surface area contributed by atoms with Crippen molar-refractivity contribution in [3.8, 4) is 0 Å². The molecule has 1 aromatic carbocycles. The number of piperazine rings is 1. The molecule has 9 nitrogen and oxygen atoms in total. The van der Waals surface area contributed by atoms with Gasteiger partial charge < -0.3 is 14.6 Å². The number of fused-ring (bicyclic) bond motifs is 1. The van der Waals surface area contributed by atoms with Gasteiger partial charge in [0.25, 0.3) is 10.1 Å². The van der Waals surface area contributed by atoms with Gasteiger partial charge in [0.2, 0.25) is 5.43 Å². The fourth-order valence-electron chi connectivity index (χ4n) is 3.40. The van der Waals surface area contributed by atoms with E-state index in [9.17, 15) is 27.5 Å². The third kappa shape index (κ3) is 4.01. The molecule has 1 aliphatic rings. The van der Waals surface area contributed by atoms with E-state index in [0.717, 1.165) is 6.07 Å². The first-order chi connectivity index (χ1) is 13.1. The number of nitrogens with zero attached hydrogens (tertiary/aromatic N) is 3. The molecule has 1 saturated heterocycles. The lowest BCUT2D eigenvalue weighted by molar-refractivity contribution is 0.0694. The van der Waals surface area contributed by atoms with Crippen LogP contribution in [0, 0.1) is 5.82 Å². The number of halogens is 1. The van der Waals surface area contributed by atoms with Crippen LogP contribution in [0.2, 0.25) is 0 Å². The van der Waals surface area contributed by atoms with E-state index in [1.165, 1.54) is 12.3 Å².